The van der Waals surface area contributed by atoms with E-state index in [0.29, 0.717) is 10.9 Å². The molecular weight excluding hydrogens is 442 g/mol. The lowest BCUT2D eigenvalue weighted by atomic mass is 10.2. The zero-order valence-corrected chi connectivity index (χ0v) is 17.8. The molecule has 0 saturated carbocycles. The number of para-hydroxylation sites is 1. The number of amides is 1. The Balaban J connectivity index is 1.39. The fraction of sp³-hybridized carbons (Fsp3) is 0.286. The molecule has 11 heteroatoms. The highest BCUT2D eigenvalue weighted by atomic mass is 32.2. The standard InChI is InChI=1S/C21H20F2N4O4S/c22-16-5-3-6-17(23)20(16)32(30,31)27-12-10-25(11-13-27)19(28)8-9-26-14-24-18-7-2-1-4-15(18)21(26)29/h1-7,14H,8-13H2. The van der Waals surface area contributed by atoms with Crippen LogP contribution in [0.3, 0.4) is 0 Å². The molecule has 1 aromatic heterocycles. The van der Waals surface area contributed by atoms with E-state index in [4.69, 9.17) is 0 Å². The van der Waals surface area contributed by atoms with Crippen LogP contribution >= 0.6 is 0 Å². The molecule has 3 aromatic rings. The Hall–Kier alpha value is -3.18. The summed E-state index contributed by atoms with van der Waals surface area (Å²) in [7, 11) is -4.36. The topological polar surface area (TPSA) is 92.6 Å². The fourth-order valence-corrected chi connectivity index (χ4v) is 5.21. The predicted octanol–water partition coefficient (Wildman–Crippen LogP) is 1.60. The molecular formula is C21H20F2N4O4S. The van der Waals surface area contributed by atoms with Crippen LogP contribution in [0, 0.1) is 11.6 Å². The quantitative estimate of drug-likeness (QED) is 0.574. The molecule has 2 heterocycles. The minimum atomic E-state index is -4.36. The average Bonchev–Trinajstić information content (AvgIpc) is 2.78. The number of fused-ring (bicyclic) bond motifs is 1. The molecule has 1 fully saturated rings. The van der Waals surface area contributed by atoms with Crippen LogP contribution in [0.1, 0.15) is 6.42 Å². The Labute approximate surface area is 182 Å². The van der Waals surface area contributed by atoms with Gasteiger partial charge in [-0.2, -0.15) is 4.31 Å². The van der Waals surface area contributed by atoms with Gasteiger partial charge in [-0.15, -0.1) is 0 Å². The van der Waals surface area contributed by atoms with E-state index in [0.717, 1.165) is 22.5 Å². The second kappa shape index (κ2) is 8.75. The molecule has 32 heavy (non-hydrogen) atoms. The maximum absolute atomic E-state index is 14.0. The minimum Gasteiger partial charge on any atom is -0.340 e. The van der Waals surface area contributed by atoms with E-state index in [-0.39, 0.29) is 50.6 Å². The third kappa shape index (κ3) is 4.13. The molecule has 1 aliphatic heterocycles. The number of aromatic nitrogens is 2. The molecule has 0 unspecified atom stereocenters. The van der Waals surface area contributed by atoms with Gasteiger partial charge in [-0.25, -0.2) is 22.2 Å². The molecule has 168 valence electrons. The van der Waals surface area contributed by atoms with Crippen molar-refractivity contribution < 1.29 is 22.0 Å². The SMILES string of the molecule is O=C(CCn1cnc2ccccc2c1=O)N1CCN(S(=O)(=O)c2c(F)cccc2F)CC1. The fourth-order valence-electron chi connectivity index (χ4n) is 3.68. The summed E-state index contributed by atoms with van der Waals surface area (Å²) in [6, 6.07) is 9.79. The van der Waals surface area contributed by atoms with E-state index in [1.165, 1.54) is 15.8 Å². The molecule has 0 radical (unpaired) electrons. The van der Waals surface area contributed by atoms with Crippen LogP contribution in [0.4, 0.5) is 8.78 Å². The molecule has 0 N–H and O–H groups in total. The monoisotopic (exact) mass is 462 g/mol. The summed E-state index contributed by atoms with van der Waals surface area (Å²) >= 11 is 0. The van der Waals surface area contributed by atoms with Crippen molar-refractivity contribution in [3.8, 4) is 0 Å². The van der Waals surface area contributed by atoms with Crippen LogP contribution in [-0.2, 0) is 21.4 Å². The van der Waals surface area contributed by atoms with Crippen LogP contribution in [0.5, 0.6) is 0 Å². The second-order valence-electron chi connectivity index (χ2n) is 7.35. The van der Waals surface area contributed by atoms with Crippen LogP contribution in [0.25, 0.3) is 10.9 Å². The van der Waals surface area contributed by atoms with Crippen molar-refractivity contribution in [3.05, 3.63) is 70.8 Å². The summed E-state index contributed by atoms with van der Waals surface area (Å²) in [5.74, 6) is -2.56. The van der Waals surface area contributed by atoms with E-state index in [9.17, 15) is 26.8 Å². The second-order valence-corrected chi connectivity index (χ2v) is 9.22. The number of carbonyl (C=O) groups excluding carboxylic acids is 1. The number of piperazine rings is 1. The van der Waals surface area contributed by atoms with Gasteiger partial charge in [0.05, 0.1) is 17.2 Å². The van der Waals surface area contributed by atoms with Crippen molar-refractivity contribution in [2.75, 3.05) is 26.2 Å². The van der Waals surface area contributed by atoms with Crippen molar-refractivity contribution in [1.82, 2.24) is 18.8 Å². The van der Waals surface area contributed by atoms with E-state index in [2.05, 4.69) is 4.98 Å². The van der Waals surface area contributed by atoms with Gasteiger partial charge in [0, 0.05) is 39.1 Å². The van der Waals surface area contributed by atoms with Crippen molar-refractivity contribution in [2.45, 2.75) is 17.9 Å². The van der Waals surface area contributed by atoms with Crippen LogP contribution in [0.2, 0.25) is 0 Å². The molecule has 0 spiro atoms. The lowest BCUT2D eigenvalue weighted by Crippen LogP contribution is -2.50. The van der Waals surface area contributed by atoms with Crippen molar-refractivity contribution in [3.63, 3.8) is 0 Å². The number of carbonyl (C=O) groups is 1. The zero-order chi connectivity index (χ0) is 22.9. The third-order valence-electron chi connectivity index (χ3n) is 5.41. The third-order valence-corrected chi connectivity index (χ3v) is 7.36. The van der Waals surface area contributed by atoms with E-state index in [1.54, 1.807) is 24.3 Å². The Morgan fingerprint density at radius 3 is 2.31 bits per heavy atom. The molecule has 0 bridgehead atoms. The Bertz CT molecular complexity index is 1310. The minimum absolute atomic E-state index is 0.0363. The number of sulfonamides is 1. The highest BCUT2D eigenvalue weighted by Crippen LogP contribution is 2.23. The smallest absolute Gasteiger partial charge is 0.261 e. The van der Waals surface area contributed by atoms with Gasteiger partial charge in [-0.05, 0) is 24.3 Å². The highest BCUT2D eigenvalue weighted by molar-refractivity contribution is 7.89. The molecule has 1 saturated heterocycles. The van der Waals surface area contributed by atoms with Gasteiger partial charge in [0.1, 0.15) is 11.6 Å². The Morgan fingerprint density at radius 2 is 1.62 bits per heavy atom. The summed E-state index contributed by atoms with van der Waals surface area (Å²) in [4.78, 5) is 29.8. The first-order valence-electron chi connectivity index (χ1n) is 9.95. The summed E-state index contributed by atoms with van der Waals surface area (Å²) in [5, 5.41) is 0.460. The van der Waals surface area contributed by atoms with Crippen molar-refractivity contribution >= 4 is 26.8 Å². The first-order valence-corrected chi connectivity index (χ1v) is 11.4. The van der Waals surface area contributed by atoms with E-state index in [1.807, 2.05) is 0 Å². The van der Waals surface area contributed by atoms with Gasteiger partial charge in [-0.3, -0.25) is 14.2 Å². The lowest BCUT2D eigenvalue weighted by Gasteiger charge is -2.34. The summed E-state index contributed by atoms with van der Waals surface area (Å²) < 4.78 is 55.6. The number of aryl methyl sites for hydroxylation is 1. The van der Waals surface area contributed by atoms with Gasteiger partial charge in [-0.1, -0.05) is 18.2 Å². The van der Waals surface area contributed by atoms with Crippen LogP contribution in [-0.4, -0.2) is 59.3 Å². The van der Waals surface area contributed by atoms with Gasteiger partial charge in [0.2, 0.25) is 15.9 Å². The van der Waals surface area contributed by atoms with Gasteiger partial charge < -0.3 is 4.90 Å². The predicted molar refractivity (Wildman–Crippen MR) is 112 cm³/mol. The average molecular weight is 462 g/mol. The number of halogens is 2. The lowest BCUT2D eigenvalue weighted by molar-refractivity contribution is -0.132. The molecule has 0 aliphatic carbocycles. The summed E-state index contributed by atoms with van der Waals surface area (Å²) in [6.45, 7) is 0.130. The number of nitrogens with zero attached hydrogens (tertiary/aromatic N) is 4. The number of hydrogen-bond donors (Lipinski definition) is 0. The Morgan fingerprint density at radius 1 is 0.969 bits per heavy atom. The normalized spacial score (nSPS) is 15.2. The van der Waals surface area contributed by atoms with Crippen molar-refractivity contribution in [2.24, 2.45) is 0 Å². The van der Waals surface area contributed by atoms with Crippen LogP contribution < -0.4 is 5.56 Å². The molecule has 0 atom stereocenters. The van der Waals surface area contributed by atoms with Crippen LogP contribution in [0.15, 0.2) is 58.5 Å². The first kappa shape index (κ1) is 22.0. The maximum atomic E-state index is 14.0. The maximum Gasteiger partial charge on any atom is 0.261 e. The molecule has 4 rings (SSSR count). The highest BCUT2D eigenvalue weighted by Gasteiger charge is 2.34. The molecule has 2 aromatic carbocycles. The largest absolute Gasteiger partial charge is 0.340 e. The van der Waals surface area contributed by atoms with E-state index >= 15 is 0 Å². The molecule has 1 amide bonds. The summed E-state index contributed by atoms with van der Waals surface area (Å²) in [6.07, 6.45) is 1.43. The molecule has 1 aliphatic rings. The van der Waals surface area contributed by atoms with E-state index < -0.39 is 26.6 Å². The Kier molecular flexibility index (Phi) is 6.02. The van der Waals surface area contributed by atoms with Gasteiger partial charge >= 0.3 is 0 Å². The van der Waals surface area contributed by atoms with Gasteiger partial charge in [0.25, 0.3) is 5.56 Å². The first-order chi connectivity index (χ1) is 15.3. The number of hydrogen-bond acceptors (Lipinski definition) is 5. The number of benzene rings is 2. The molecule has 8 nitrogen and oxygen atoms in total. The summed E-state index contributed by atoms with van der Waals surface area (Å²) in [5.41, 5.74) is 0.329. The zero-order valence-electron chi connectivity index (χ0n) is 16.9. The number of rotatable bonds is 5. The van der Waals surface area contributed by atoms with Crippen molar-refractivity contribution in [1.29, 1.82) is 0 Å². The van der Waals surface area contributed by atoms with Gasteiger partial charge in [0.15, 0.2) is 4.90 Å².